The predicted octanol–water partition coefficient (Wildman–Crippen LogP) is 0.436. The van der Waals surface area contributed by atoms with Gasteiger partial charge in [0.2, 0.25) is 5.91 Å². The summed E-state index contributed by atoms with van der Waals surface area (Å²) in [6.07, 6.45) is 0. The lowest BCUT2D eigenvalue weighted by Crippen LogP contribution is -2.40. The summed E-state index contributed by atoms with van der Waals surface area (Å²) in [5.74, 6) is -0.0289. The third-order valence-electron chi connectivity index (χ3n) is 1.09. The summed E-state index contributed by atoms with van der Waals surface area (Å²) in [6, 6.07) is -0.203. The molecule has 0 aliphatic carbocycles. The molecule has 0 saturated heterocycles. The van der Waals surface area contributed by atoms with Gasteiger partial charge in [-0.3, -0.25) is 4.79 Å². The Kier molecular flexibility index (Phi) is 4.12. The molecular weight excluding hydrogens is 231 g/mol. The molecule has 3 nitrogen and oxygen atoms in total. The largest absolute Gasteiger partial charge is 0.368 e. The van der Waals surface area contributed by atoms with Crippen molar-refractivity contribution in [3.63, 3.8) is 0 Å². The first kappa shape index (κ1) is 9.16. The Labute approximate surface area is 68.9 Å². The summed E-state index contributed by atoms with van der Waals surface area (Å²) in [4.78, 5) is 10.5. The zero-order valence-electron chi connectivity index (χ0n) is 5.52. The van der Waals surface area contributed by atoms with Gasteiger partial charge in [0, 0.05) is 22.9 Å². The molecule has 4 heteroatoms. The Balaban J connectivity index is 3.83. The monoisotopic (exact) mass is 242 g/mol. The molecule has 0 aliphatic heterocycles. The number of hydrogen-bond donors (Lipinski definition) is 2. The molecule has 3 N–H and O–H groups in total. The van der Waals surface area contributed by atoms with E-state index in [1.54, 1.807) is 0 Å². The lowest BCUT2D eigenvalue weighted by Gasteiger charge is -2.13. The van der Waals surface area contributed by atoms with E-state index in [0.29, 0.717) is 0 Å². The molecule has 0 aromatic rings. The van der Waals surface area contributed by atoms with Crippen LogP contribution in [0.5, 0.6) is 0 Å². The molecular formula is C5H11IN2O. The minimum atomic E-state index is -0.292. The summed E-state index contributed by atoms with van der Waals surface area (Å²) < 4.78 is 2.80. The zero-order valence-corrected chi connectivity index (χ0v) is 7.68. The Morgan fingerprint density at radius 1 is 1.67 bits per heavy atom. The summed E-state index contributed by atoms with van der Waals surface area (Å²) in [7, 11) is 0. The highest BCUT2D eigenvalue weighted by molar-refractivity contribution is 14.1. The summed E-state index contributed by atoms with van der Waals surface area (Å²) in [5.41, 5.74) is 5.04. The van der Waals surface area contributed by atoms with Gasteiger partial charge in [0.1, 0.15) is 0 Å². The van der Waals surface area contributed by atoms with Gasteiger partial charge in [-0.2, -0.15) is 0 Å². The van der Waals surface area contributed by atoms with Crippen molar-refractivity contribution in [2.24, 2.45) is 11.7 Å². The molecule has 54 valence electrons. The maximum absolute atomic E-state index is 10.5. The van der Waals surface area contributed by atoms with Crippen molar-refractivity contribution < 1.29 is 4.79 Å². The van der Waals surface area contributed by atoms with Crippen LogP contribution in [0.2, 0.25) is 0 Å². The molecule has 1 amide bonds. The van der Waals surface area contributed by atoms with Gasteiger partial charge in [-0.25, -0.2) is 3.53 Å². The third kappa shape index (κ3) is 3.00. The van der Waals surface area contributed by atoms with Crippen molar-refractivity contribution in [1.82, 2.24) is 3.53 Å². The Hall–Kier alpha value is 0.160. The van der Waals surface area contributed by atoms with Gasteiger partial charge in [-0.05, 0) is 5.92 Å². The predicted molar refractivity (Wildman–Crippen MR) is 45.0 cm³/mol. The van der Waals surface area contributed by atoms with E-state index in [1.807, 2.05) is 36.7 Å². The van der Waals surface area contributed by atoms with E-state index in [-0.39, 0.29) is 17.9 Å². The number of nitrogens with two attached hydrogens (primary N) is 1. The van der Waals surface area contributed by atoms with E-state index >= 15 is 0 Å². The van der Waals surface area contributed by atoms with Crippen LogP contribution in [-0.4, -0.2) is 11.9 Å². The maximum atomic E-state index is 10.5. The lowest BCUT2D eigenvalue weighted by molar-refractivity contribution is -0.120. The average molecular weight is 242 g/mol. The van der Waals surface area contributed by atoms with Gasteiger partial charge < -0.3 is 5.73 Å². The van der Waals surface area contributed by atoms with E-state index < -0.39 is 0 Å². The molecule has 0 rings (SSSR count). The lowest BCUT2D eigenvalue weighted by atomic mass is 10.1. The van der Waals surface area contributed by atoms with Crippen LogP contribution in [-0.2, 0) is 4.79 Å². The van der Waals surface area contributed by atoms with E-state index in [9.17, 15) is 4.79 Å². The highest BCUT2D eigenvalue weighted by Crippen LogP contribution is 2.01. The molecule has 1 atom stereocenters. The highest BCUT2D eigenvalue weighted by Gasteiger charge is 2.16. The number of rotatable bonds is 3. The second-order valence-electron chi connectivity index (χ2n) is 2.23. The van der Waals surface area contributed by atoms with Crippen molar-refractivity contribution in [2.75, 3.05) is 0 Å². The van der Waals surface area contributed by atoms with Gasteiger partial charge >= 0.3 is 0 Å². The van der Waals surface area contributed by atoms with Crippen molar-refractivity contribution in [3.05, 3.63) is 0 Å². The summed E-state index contributed by atoms with van der Waals surface area (Å²) >= 11 is 1.93. The Morgan fingerprint density at radius 2 is 2.11 bits per heavy atom. The van der Waals surface area contributed by atoms with E-state index in [0.717, 1.165) is 0 Å². The van der Waals surface area contributed by atoms with E-state index in [2.05, 4.69) is 3.53 Å². The first-order chi connectivity index (χ1) is 4.09. The molecule has 0 unspecified atom stereocenters. The number of hydrogen-bond acceptors (Lipinski definition) is 2. The summed E-state index contributed by atoms with van der Waals surface area (Å²) in [6.45, 7) is 3.89. The van der Waals surface area contributed by atoms with Crippen molar-refractivity contribution in [2.45, 2.75) is 19.9 Å². The van der Waals surface area contributed by atoms with Gasteiger partial charge in [0.05, 0.1) is 6.04 Å². The van der Waals surface area contributed by atoms with Crippen LogP contribution in [0, 0.1) is 5.92 Å². The first-order valence-electron chi connectivity index (χ1n) is 2.75. The maximum Gasteiger partial charge on any atom is 0.235 e. The molecule has 0 bridgehead atoms. The number of primary amides is 1. The second kappa shape index (κ2) is 4.05. The molecule has 0 radical (unpaired) electrons. The number of nitrogens with one attached hydrogen (secondary N) is 1. The van der Waals surface area contributed by atoms with Crippen LogP contribution >= 0.6 is 22.9 Å². The molecule has 0 fully saturated rings. The normalized spacial score (nSPS) is 13.8. The minimum absolute atomic E-state index is 0.203. The topological polar surface area (TPSA) is 55.1 Å². The highest BCUT2D eigenvalue weighted by atomic mass is 127. The SMILES string of the molecule is CC(C)[C@H](NI)C(N)=O. The molecule has 0 saturated carbocycles. The van der Waals surface area contributed by atoms with Gasteiger partial charge in [0.15, 0.2) is 0 Å². The van der Waals surface area contributed by atoms with Crippen LogP contribution in [0.15, 0.2) is 0 Å². The van der Waals surface area contributed by atoms with E-state index in [4.69, 9.17) is 5.73 Å². The fourth-order valence-corrected chi connectivity index (χ4v) is 1.53. The van der Waals surface area contributed by atoms with Gasteiger partial charge in [0.25, 0.3) is 0 Å². The number of halogens is 1. The second-order valence-corrected chi connectivity index (χ2v) is 2.86. The van der Waals surface area contributed by atoms with Crippen LogP contribution in [0.3, 0.4) is 0 Å². The van der Waals surface area contributed by atoms with Crippen LogP contribution in [0.25, 0.3) is 0 Å². The Bertz CT molecular complexity index is 105. The fraction of sp³-hybridized carbons (Fsp3) is 0.800. The number of amides is 1. The molecule has 9 heavy (non-hydrogen) atoms. The van der Waals surface area contributed by atoms with Crippen molar-refractivity contribution in [3.8, 4) is 0 Å². The minimum Gasteiger partial charge on any atom is -0.368 e. The number of carbonyl (C=O) groups is 1. The summed E-state index contributed by atoms with van der Waals surface area (Å²) in [5, 5.41) is 0. The van der Waals surface area contributed by atoms with Gasteiger partial charge in [-0.1, -0.05) is 13.8 Å². The average Bonchev–Trinajstić information content (AvgIpc) is 1.64. The molecule has 0 aromatic heterocycles. The molecule has 0 spiro atoms. The van der Waals surface area contributed by atoms with Crippen molar-refractivity contribution >= 4 is 28.8 Å². The first-order valence-corrected chi connectivity index (χ1v) is 3.83. The number of carbonyl (C=O) groups excluding carboxylic acids is 1. The quantitative estimate of drug-likeness (QED) is 0.557. The fourth-order valence-electron chi connectivity index (χ4n) is 0.508. The van der Waals surface area contributed by atoms with Crippen LogP contribution in [0.4, 0.5) is 0 Å². The van der Waals surface area contributed by atoms with Gasteiger partial charge in [-0.15, -0.1) is 0 Å². The van der Waals surface area contributed by atoms with Crippen LogP contribution in [0.1, 0.15) is 13.8 Å². The zero-order chi connectivity index (χ0) is 7.44. The molecule has 0 heterocycles. The third-order valence-corrected chi connectivity index (χ3v) is 1.76. The van der Waals surface area contributed by atoms with Crippen molar-refractivity contribution in [1.29, 1.82) is 0 Å². The molecule has 0 aromatic carbocycles. The van der Waals surface area contributed by atoms with E-state index in [1.165, 1.54) is 0 Å². The Morgan fingerprint density at radius 3 is 2.11 bits per heavy atom. The molecule has 0 aliphatic rings. The standard InChI is InChI=1S/C5H11IN2O/c1-3(2)4(8-6)5(7)9/h3-4,8H,1-2H3,(H2,7,9)/t4-/m0/s1. The van der Waals surface area contributed by atoms with Crippen LogP contribution < -0.4 is 9.26 Å². The smallest absolute Gasteiger partial charge is 0.235 e.